The Hall–Kier alpha value is -7.27. The molecule has 1 aromatic heterocycles. The average molecular weight is 796 g/mol. The quantitative estimate of drug-likeness (QED) is 0.0828. The second-order valence-electron chi connectivity index (χ2n) is 13.1. The number of benzene rings is 6. The predicted molar refractivity (Wildman–Crippen MR) is 224 cm³/mol. The summed E-state index contributed by atoms with van der Waals surface area (Å²) in [5.41, 5.74) is 5.24. The molecule has 0 N–H and O–H groups in total. The van der Waals surface area contributed by atoms with Gasteiger partial charge in [-0.1, -0.05) is 91.0 Å². The van der Waals surface area contributed by atoms with Crippen LogP contribution in [0.15, 0.2) is 132 Å². The first kappa shape index (κ1) is 39.9. The summed E-state index contributed by atoms with van der Waals surface area (Å²) < 4.78 is 60.7. The molecule has 0 saturated carbocycles. The summed E-state index contributed by atoms with van der Waals surface area (Å²) in [7, 11) is 9.44. The summed E-state index contributed by atoms with van der Waals surface area (Å²) in [6.07, 6.45) is 0. The van der Waals surface area contributed by atoms with E-state index >= 15 is 0 Å². The first-order valence-corrected chi connectivity index (χ1v) is 18.8. The first-order valence-electron chi connectivity index (χ1n) is 18.8. The number of hydrogen-bond donors (Lipinski definition) is 0. The molecule has 0 radical (unpaired) electrons. The van der Waals surface area contributed by atoms with Crippen LogP contribution in [0.1, 0.15) is 16.7 Å². The highest BCUT2D eigenvalue weighted by molar-refractivity contribution is 5.83. The van der Waals surface area contributed by atoms with Gasteiger partial charge in [-0.25, -0.2) is 4.98 Å². The summed E-state index contributed by atoms with van der Waals surface area (Å²) in [6, 6.07) is 40.5. The van der Waals surface area contributed by atoms with Crippen molar-refractivity contribution in [2.75, 3.05) is 42.7 Å². The van der Waals surface area contributed by atoms with Gasteiger partial charge < -0.3 is 47.0 Å². The lowest BCUT2D eigenvalue weighted by molar-refractivity contribution is 0.266. The molecular formula is C48H45NO10. The van der Waals surface area contributed by atoms with Crippen molar-refractivity contribution in [3.05, 3.63) is 144 Å². The third-order valence-corrected chi connectivity index (χ3v) is 9.47. The number of ether oxygens (including phenoxy) is 9. The molecule has 7 rings (SSSR count). The molecule has 11 heteroatoms. The van der Waals surface area contributed by atoms with Crippen LogP contribution in [0.25, 0.3) is 34.0 Å². The van der Waals surface area contributed by atoms with Crippen LogP contribution in [0.3, 0.4) is 0 Å². The summed E-state index contributed by atoms with van der Waals surface area (Å²) in [6.45, 7) is 0.917. The molecule has 0 amide bonds. The van der Waals surface area contributed by atoms with Crippen molar-refractivity contribution in [1.29, 1.82) is 0 Å². The van der Waals surface area contributed by atoms with E-state index in [4.69, 9.17) is 52.0 Å². The number of rotatable bonds is 18. The molecule has 0 aliphatic carbocycles. The van der Waals surface area contributed by atoms with Crippen molar-refractivity contribution >= 4 is 0 Å². The van der Waals surface area contributed by atoms with E-state index in [1.54, 1.807) is 54.8 Å². The van der Waals surface area contributed by atoms with Crippen molar-refractivity contribution in [3.63, 3.8) is 0 Å². The van der Waals surface area contributed by atoms with Gasteiger partial charge in [0, 0.05) is 16.7 Å². The Labute approximate surface area is 343 Å². The lowest BCUT2D eigenvalue weighted by Crippen LogP contribution is -2.01. The number of nitrogens with zero attached hydrogens (tertiary/aromatic N) is 1. The van der Waals surface area contributed by atoms with Crippen molar-refractivity contribution in [2.45, 2.75) is 19.8 Å². The van der Waals surface area contributed by atoms with Gasteiger partial charge in [0.15, 0.2) is 40.3 Å². The molecule has 302 valence electrons. The molecule has 0 aliphatic rings. The van der Waals surface area contributed by atoms with E-state index in [9.17, 15) is 0 Å². The zero-order valence-corrected chi connectivity index (χ0v) is 33.8. The highest BCUT2D eigenvalue weighted by Crippen LogP contribution is 2.49. The van der Waals surface area contributed by atoms with E-state index in [2.05, 4.69) is 0 Å². The van der Waals surface area contributed by atoms with E-state index < -0.39 is 0 Å². The number of oxazole rings is 1. The molecule has 11 nitrogen and oxygen atoms in total. The molecule has 0 aliphatic heterocycles. The fraction of sp³-hybridized carbons (Fsp3) is 0.188. The first-order chi connectivity index (χ1) is 29.0. The summed E-state index contributed by atoms with van der Waals surface area (Å²) >= 11 is 0. The molecule has 0 saturated heterocycles. The number of aromatic nitrogens is 1. The highest BCUT2D eigenvalue weighted by Gasteiger charge is 2.27. The molecule has 0 bridgehead atoms. The van der Waals surface area contributed by atoms with E-state index in [1.807, 2.05) is 115 Å². The smallest absolute Gasteiger partial charge is 0.227 e. The van der Waals surface area contributed by atoms with Gasteiger partial charge in [0.2, 0.25) is 23.1 Å². The molecule has 7 aromatic rings. The largest absolute Gasteiger partial charge is 0.493 e. The van der Waals surface area contributed by atoms with Crippen LogP contribution in [0.2, 0.25) is 0 Å². The normalized spacial score (nSPS) is 10.7. The second kappa shape index (κ2) is 18.8. The lowest BCUT2D eigenvalue weighted by Gasteiger charge is -2.17. The van der Waals surface area contributed by atoms with Crippen LogP contribution < -0.4 is 42.6 Å². The van der Waals surface area contributed by atoms with E-state index in [-0.39, 0.29) is 5.89 Å². The van der Waals surface area contributed by atoms with Crippen molar-refractivity contribution in [2.24, 2.45) is 0 Å². The SMILES string of the molecule is COc1cc(-c2nc(-c3cc(OC)c(OCc4ccccc4)c(OC)c3)c(-c3cc(OC)c(OCc4ccccc4)c(OC)c3)o2)cc(OC)c1OCc1ccccc1. The van der Waals surface area contributed by atoms with E-state index in [0.717, 1.165) is 16.7 Å². The lowest BCUT2D eigenvalue weighted by atomic mass is 10.0. The predicted octanol–water partition coefficient (Wildman–Crippen LogP) is 10.5. The fourth-order valence-corrected chi connectivity index (χ4v) is 6.48. The van der Waals surface area contributed by atoms with E-state index in [0.29, 0.717) is 99.7 Å². The average Bonchev–Trinajstić information content (AvgIpc) is 3.75. The van der Waals surface area contributed by atoms with Crippen molar-refractivity contribution in [1.82, 2.24) is 4.98 Å². The maximum absolute atomic E-state index is 6.73. The zero-order valence-electron chi connectivity index (χ0n) is 33.8. The van der Waals surface area contributed by atoms with Crippen LogP contribution in [0.5, 0.6) is 51.7 Å². The van der Waals surface area contributed by atoms with Gasteiger partial charge in [0.05, 0.1) is 42.7 Å². The molecule has 0 atom stereocenters. The van der Waals surface area contributed by atoms with Crippen LogP contribution in [0, 0.1) is 0 Å². The summed E-state index contributed by atoms with van der Waals surface area (Å²) in [4.78, 5) is 5.10. The Balaban J connectivity index is 1.35. The molecule has 1 heterocycles. The minimum Gasteiger partial charge on any atom is -0.493 e. The van der Waals surface area contributed by atoms with Gasteiger partial charge in [-0.15, -0.1) is 0 Å². The van der Waals surface area contributed by atoms with Gasteiger partial charge in [0.25, 0.3) is 0 Å². The second-order valence-corrected chi connectivity index (χ2v) is 13.1. The Kier molecular flexibility index (Phi) is 12.7. The Morgan fingerprint density at radius 1 is 0.390 bits per heavy atom. The third-order valence-electron chi connectivity index (χ3n) is 9.47. The Morgan fingerprint density at radius 3 is 1.02 bits per heavy atom. The molecule has 59 heavy (non-hydrogen) atoms. The number of methoxy groups -OCH3 is 6. The molecule has 0 unspecified atom stereocenters. The van der Waals surface area contributed by atoms with Gasteiger partial charge >= 0.3 is 0 Å². The van der Waals surface area contributed by atoms with Gasteiger partial charge in [-0.3, -0.25) is 0 Å². The fourth-order valence-electron chi connectivity index (χ4n) is 6.48. The maximum Gasteiger partial charge on any atom is 0.227 e. The standard InChI is InChI=1S/C48H45NO10/c1-50-37-22-34(23-38(51-2)45(37)56-28-31-16-10-7-11-17-31)43-44(35-24-39(52-3)46(40(25-35)53-4)57-29-32-18-12-8-13-19-32)59-48(49-43)36-26-41(54-5)47(42(27-36)55-6)58-30-33-20-14-9-15-21-33/h7-27H,28-30H2,1-6H3. The summed E-state index contributed by atoms with van der Waals surface area (Å²) in [5.74, 6) is 4.60. The summed E-state index contributed by atoms with van der Waals surface area (Å²) in [5, 5.41) is 0. The topological polar surface area (TPSA) is 109 Å². The van der Waals surface area contributed by atoms with Crippen LogP contribution in [-0.4, -0.2) is 47.6 Å². The van der Waals surface area contributed by atoms with Gasteiger partial charge in [-0.05, 0) is 53.1 Å². The van der Waals surface area contributed by atoms with Crippen molar-refractivity contribution < 1.29 is 47.0 Å². The highest BCUT2D eigenvalue weighted by atomic mass is 16.5. The van der Waals surface area contributed by atoms with Crippen LogP contribution in [0.4, 0.5) is 0 Å². The Morgan fingerprint density at radius 2 is 0.695 bits per heavy atom. The molecule has 0 spiro atoms. The number of hydrogen-bond acceptors (Lipinski definition) is 11. The maximum atomic E-state index is 6.73. The van der Waals surface area contributed by atoms with E-state index in [1.165, 1.54) is 0 Å². The van der Waals surface area contributed by atoms with Crippen LogP contribution in [-0.2, 0) is 19.8 Å². The van der Waals surface area contributed by atoms with Gasteiger partial charge in [-0.2, -0.15) is 0 Å². The zero-order chi connectivity index (χ0) is 41.1. The molecule has 6 aromatic carbocycles. The molecular weight excluding hydrogens is 751 g/mol. The third kappa shape index (κ3) is 8.99. The minimum atomic E-state index is 0.269. The minimum absolute atomic E-state index is 0.269. The van der Waals surface area contributed by atoms with Gasteiger partial charge in [0.1, 0.15) is 25.5 Å². The Bertz CT molecular complexity index is 2270. The van der Waals surface area contributed by atoms with Crippen molar-refractivity contribution in [3.8, 4) is 85.8 Å². The molecule has 0 fully saturated rings. The monoisotopic (exact) mass is 795 g/mol. The van der Waals surface area contributed by atoms with Crippen LogP contribution >= 0.6 is 0 Å².